The Morgan fingerprint density at radius 1 is 0.529 bits per heavy atom. The van der Waals surface area contributed by atoms with E-state index in [9.17, 15) is 38.8 Å². The number of halogens is 2. The van der Waals surface area contributed by atoms with Crippen molar-refractivity contribution in [3.8, 4) is 65.2 Å². The van der Waals surface area contributed by atoms with Crippen LogP contribution >= 0.6 is 27.5 Å². The van der Waals surface area contributed by atoms with Crippen molar-refractivity contribution in [3.63, 3.8) is 0 Å². The second-order valence-electron chi connectivity index (χ2n) is 27.1. The molecule has 5 heterocycles. The summed E-state index contributed by atoms with van der Waals surface area (Å²) in [6.07, 6.45) is 10.7. The van der Waals surface area contributed by atoms with Crippen LogP contribution in [-0.2, 0) is 33.3 Å². The maximum Gasteiger partial charge on any atom is 0.408 e. The third kappa shape index (κ3) is 25.7. The van der Waals surface area contributed by atoms with Crippen LogP contribution in [0.2, 0.25) is 5.15 Å². The molecule has 614 valence electrons. The number of ether oxygens (including phenoxy) is 4. The van der Waals surface area contributed by atoms with Crippen LogP contribution in [0.4, 0.5) is 22.2 Å². The Labute approximate surface area is 703 Å². The summed E-state index contributed by atoms with van der Waals surface area (Å²) in [5.74, 6) is 16.8. The molecule has 8 N–H and O–H groups in total. The van der Waals surface area contributed by atoms with Gasteiger partial charge in [0.1, 0.15) is 69.6 Å². The van der Waals surface area contributed by atoms with Crippen molar-refractivity contribution >= 4 is 102 Å². The average Bonchev–Trinajstić information content (AvgIpc) is 0.764. The van der Waals surface area contributed by atoms with Crippen LogP contribution in [0, 0.1) is 72.5 Å². The lowest BCUT2D eigenvalue weighted by Gasteiger charge is -2.24. The van der Waals surface area contributed by atoms with Crippen molar-refractivity contribution in [1.29, 1.82) is 10.5 Å². The molecule has 0 aliphatic rings. The monoisotopic (exact) mass is 1690 g/mol. The highest BCUT2D eigenvalue weighted by Gasteiger charge is 2.28. The van der Waals surface area contributed by atoms with E-state index in [-0.39, 0.29) is 80.8 Å². The Kier molecular flexibility index (Phi) is 35.5. The number of aryl methyl sites for hydroxylation is 2. The molecule has 5 aromatic heterocycles. The molecule has 30 heteroatoms. The van der Waals surface area contributed by atoms with E-state index in [4.69, 9.17) is 60.2 Å². The van der Waals surface area contributed by atoms with Crippen LogP contribution in [0.5, 0.6) is 0 Å². The topological polar surface area (TPSA) is 411 Å². The van der Waals surface area contributed by atoms with Crippen LogP contribution in [0.1, 0.15) is 188 Å². The number of carbonyl (C=O) groups excluding carboxylic acids is 4. The first kappa shape index (κ1) is 92.5. The van der Waals surface area contributed by atoms with Crippen molar-refractivity contribution in [2.75, 3.05) is 38.1 Å². The van der Waals surface area contributed by atoms with Gasteiger partial charge in [-0.15, -0.1) is 12.3 Å². The number of hydrogen-bond acceptors (Lipinski definition) is 24. The molecule has 0 fully saturated rings. The van der Waals surface area contributed by atoms with Gasteiger partial charge in [0.05, 0.1) is 89.2 Å². The third-order valence-corrected chi connectivity index (χ3v) is 18.4. The van der Waals surface area contributed by atoms with Crippen LogP contribution in [0.25, 0.3) is 49.8 Å². The highest BCUT2D eigenvalue weighted by molar-refractivity contribution is 9.10. The molecule has 0 aliphatic heterocycles. The Morgan fingerprint density at radius 2 is 0.924 bits per heavy atom. The van der Waals surface area contributed by atoms with Gasteiger partial charge in [-0.25, -0.2) is 39.7 Å². The molecule has 6 aromatic carbocycles. The molecule has 0 aliphatic carbocycles. The number of alkyl carbamates (subject to hydrolysis) is 1. The number of aromatic nitrogens is 10. The number of nitrogens with one attached hydrogen (secondary N) is 2. The number of carbonyl (C=O) groups is 4. The number of rotatable bonds is 21. The fourth-order valence-corrected chi connectivity index (χ4v) is 12.5. The molecule has 0 unspecified atom stereocenters. The lowest BCUT2D eigenvalue weighted by molar-refractivity contribution is -0.141. The maximum atomic E-state index is 14.2. The van der Waals surface area contributed by atoms with E-state index < -0.39 is 23.8 Å². The fraction of sp³-hybridized carbons (Fsp3) is 0.303. The van der Waals surface area contributed by atoms with Gasteiger partial charge in [0.2, 0.25) is 0 Å². The lowest BCUT2D eigenvalue weighted by Crippen LogP contribution is -2.37. The summed E-state index contributed by atoms with van der Waals surface area (Å²) in [5.41, 5.74) is 21.5. The van der Waals surface area contributed by atoms with Crippen LogP contribution in [0.15, 0.2) is 164 Å². The quantitative estimate of drug-likeness (QED) is 0.0147. The number of terminal acetylenes is 1. The predicted molar refractivity (Wildman–Crippen MR) is 463 cm³/mol. The molecule has 0 saturated carbocycles. The summed E-state index contributed by atoms with van der Waals surface area (Å²) in [6, 6.07) is 46.7. The number of nitrogen functional groups attached to an aromatic ring is 2. The second kappa shape index (κ2) is 45.6. The van der Waals surface area contributed by atoms with Gasteiger partial charge in [-0.05, 0) is 162 Å². The molecule has 0 saturated heterocycles. The fourth-order valence-electron chi connectivity index (χ4n) is 11.7. The molecular weight excluding hydrogens is 1600 g/mol. The predicted octanol–water partition coefficient (Wildman–Crippen LogP) is 14.7. The molecule has 28 nitrogen and oxygen atoms in total. The number of nitrogens with zero attached hydrogens (tertiary/aromatic N) is 12. The van der Waals surface area contributed by atoms with Gasteiger partial charge < -0.3 is 46.8 Å². The van der Waals surface area contributed by atoms with E-state index in [2.05, 4.69) is 96.4 Å². The Bertz CT molecular complexity index is 5870. The number of methoxy groups -OCH3 is 3. The maximum absolute atomic E-state index is 14.2. The van der Waals surface area contributed by atoms with Gasteiger partial charge in [-0.2, -0.15) is 10.5 Å². The molecular formula is C89H93BrClN17O11. The first-order chi connectivity index (χ1) is 57.1. The summed E-state index contributed by atoms with van der Waals surface area (Å²) in [5, 5.41) is 25.8. The largest absolute Gasteiger partial charge is 0.469 e. The summed E-state index contributed by atoms with van der Waals surface area (Å²) >= 11 is 9.04. The van der Waals surface area contributed by atoms with Gasteiger partial charge in [0.15, 0.2) is 11.0 Å². The molecule has 0 spiro atoms. The van der Waals surface area contributed by atoms with Crippen LogP contribution in [-0.4, -0.2) is 99.5 Å². The molecule has 0 radical (unpaired) electrons. The SMILES string of the molecule is C#CCCCC(=O)OC.CC[C@H](N)c1nc2cccc(C#CCCCC(=O)OC)c2c(=O)n1-c1ccccc1.CC[C@H](NC(=O)OC(C)(C)C)c1nc2cccc(Br)c2c(=O)n1-c1ccccc1.CC[C@H](Nc1nc(C)nc(N)c1C#N)c1nc2cccc(C#CCCCC(=O)OC)c2c(=O)n1-c1ccccc1.Cc1nc(N)c(C#N)c(Cl)n1. The van der Waals surface area contributed by atoms with Gasteiger partial charge in [-0.3, -0.25) is 42.5 Å². The van der Waals surface area contributed by atoms with Crippen molar-refractivity contribution in [2.24, 2.45) is 5.73 Å². The number of nitrogens with two attached hydrogens (primary N) is 3. The van der Waals surface area contributed by atoms with E-state index in [0.717, 1.165) is 12.1 Å². The first-order valence-corrected chi connectivity index (χ1v) is 39.1. The Hall–Kier alpha value is -13.6. The number of fused-ring (bicyclic) bond motifs is 3. The number of benzene rings is 6. The zero-order valence-electron chi connectivity index (χ0n) is 68.0. The van der Waals surface area contributed by atoms with Crippen molar-refractivity contribution in [3.05, 3.63) is 238 Å². The van der Waals surface area contributed by atoms with E-state index in [1.54, 1.807) is 78.7 Å². The number of amides is 1. The zero-order valence-corrected chi connectivity index (χ0v) is 70.3. The molecule has 1 amide bonds. The summed E-state index contributed by atoms with van der Waals surface area (Å²) in [7, 11) is 4.10. The van der Waals surface area contributed by atoms with Crippen LogP contribution in [0.3, 0.4) is 0 Å². The molecule has 3 atom stereocenters. The van der Waals surface area contributed by atoms with Crippen molar-refractivity contribution in [2.45, 2.75) is 156 Å². The van der Waals surface area contributed by atoms with E-state index >= 15 is 0 Å². The minimum Gasteiger partial charge on any atom is -0.469 e. The Morgan fingerprint density at radius 3 is 1.34 bits per heavy atom. The average molecular weight is 1690 g/mol. The first-order valence-electron chi connectivity index (χ1n) is 38.0. The number of esters is 3. The normalized spacial score (nSPS) is 11.2. The number of nitriles is 2. The standard InChI is InChI=1S/C30H29N7O3.C24H25N3O3.C22H24BrN3O3.C7H10O2.C6H5ClN4/c1-4-23(35-28-22(18-31)27(32)33-19(2)34-28)29-36-24-16-11-13-20(12-7-5-10-17-25(38)40-3)26(24)30(39)37(29)21-14-8-6-9-15-21;1-3-19(25)23-26-20-15-10-12-17(11-6-4-9-16-21(28)30-2)22(20)24(29)27(23)18-13-7-5-8-14-18;1-5-16(25-21(28)29-22(2,3)4)19-24-17-13-9-12-15(23)18(17)20(27)26(19)14-10-7-6-8-11-14;1-3-4-5-6-7(8)9-2;1-3-10-5(7)4(2-8)6(9)11-3/h6,8-9,11,13-16,23H,4-5,10,17H2,1-3H3,(H3,32,33,34,35);5,7-8,10,12-15,19H,3-4,9,16,25H2,1-2H3;6-13,16H,5H2,1-4H3,(H,25,28);1H,4-6H2,2H3;1H3,(H2,9,10,11)/t23-;19-;16-;;/m000../s1. The van der Waals surface area contributed by atoms with E-state index in [0.29, 0.717) is 153 Å². The lowest BCUT2D eigenvalue weighted by atomic mass is 10.1. The summed E-state index contributed by atoms with van der Waals surface area (Å²) in [4.78, 5) is 117. The van der Waals surface area contributed by atoms with Gasteiger partial charge in [-0.1, -0.05) is 129 Å². The highest BCUT2D eigenvalue weighted by atomic mass is 79.9. The molecule has 11 rings (SSSR count). The van der Waals surface area contributed by atoms with E-state index in [1.165, 1.54) is 21.3 Å². The molecule has 11 aromatic rings. The number of hydrogen-bond donors (Lipinski definition) is 5. The van der Waals surface area contributed by atoms with Gasteiger partial charge in [0.25, 0.3) is 16.7 Å². The smallest absolute Gasteiger partial charge is 0.408 e. The van der Waals surface area contributed by atoms with Gasteiger partial charge in [0, 0.05) is 54.1 Å². The minimum atomic E-state index is -0.622. The number of unbranched alkanes of at least 4 members (excludes halogenated alkanes) is 3. The second-order valence-corrected chi connectivity index (χ2v) is 28.3. The third-order valence-electron chi connectivity index (χ3n) is 17.4. The number of anilines is 3. The van der Waals surface area contributed by atoms with Crippen molar-refractivity contribution < 1.29 is 38.1 Å². The summed E-state index contributed by atoms with van der Waals surface area (Å²) in [6.45, 7) is 14.6. The summed E-state index contributed by atoms with van der Waals surface area (Å²) < 4.78 is 24.5. The van der Waals surface area contributed by atoms with Crippen LogP contribution < -0.4 is 44.5 Å². The van der Waals surface area contributed by atoms with Crippen molar-refractivity contribution in [1.82, 2.24) is 53.9 Å². The van der Waals surface area contributed by atoms with Gasteiger partial charge >= 0.3 is 24.0 Å². The van der Waals surface area contributed by atoms with E-state index in [1.807, 2.05) is 142 Å². The number of para-hydroxylation sites is 3. The Balaban J connectivity index is 0.000000222. The molecule has 119 heavy (non-hydrogen) atoms. The minimum absolute atomic E-state index is 0.0778. The molecule has 0 bridgehead atoms. The highest BCUT2D eigenvalue weighted by Crippen LogP contribution is 2.30. The zero-order chi connectivity index (χ0) is 86.9.